The molecule has 1 N–H and O–H groups in total. The second-order valence-corrected chi connectivity index (χ2v) is 4.33. The Labute approximate surface area is 108 Å². The van der Waals surface area contributed by atoms with Crippen LogP contribution in [0.5, 0.6) is 0 Å². The lowest BCUT2D eigenvalue weighted by molar-refractivity contribution is -0.137. The number of aromatic carboxylic acids is 1. The van der Waals surface area contributed by atoms with Crippen LogP contribution in [0.2, 0.25) is 0 Å². The molecule has 0 unspecified atom stereocenters. The molecule has 2 aromatic rings. The van der Waals surface area contributed by atoms with E-state index in [1.165, 1.54) is 6.07 Å². The summed E-state index contributed by atoms with van der Waals surface area (Å²) in [7, 11) is 0. The zero-order valence-corrected chi connectivity index (χ0v) is 9.85. The minimum Gasteiger partial charge on any atom is -0.477 e. The summed E-state index contributed by atoms with van der Waals surface area (Å²) in [5.41, 5.74) is -1.46. The Hall–Kier alpha value is -1.96. The average Bonchev–Trinajstić information content (AvgIpc) is 2.70. The first-order valence-electron chi connectivity index (χ1n) is 4.87. The number of alkyl halides is 3. The van der Waals surface area contributed by atoms with E-state index in [0.29, 0.717) is 11.5 Å². The fourth-order valence-corrected chi connectivity index (χ4v) is 2.06. The van der Waals surface area contributed by atoms with Crippen LogP contribution in [-0.2, 0) is 6.18 Å². The highest BCUT2D eigenvalue weighted by molar-refractivity contribution is 7.08. The number of carboxylic acid groups (broad SMARTS) is 1. The summed E-state index contributed by atoms with van der Waals surface area (Å²) < 4.78 is 54.8. The molecule has 0 saturated heterocycles. The Kier molecular flexibility index (Phi) is 3.27. The molecule has 1 heterocycles. The Balaban J connectivity index is 2.51. The van der Waals surface area contributed by atoms with E-state index >= 15 is 0 Å². The number of benzene rings is 1. The summed E-state index contributed by atoms with van der Waals surface area (Å²) in [6.07, 6.45) is -4.56. The van der Waals surface area contributed by atoms with E-state index in [-0.39, 0.29) is 5.56 Å². The van der Waals surface area contributed by atoms with Crippen molar-refractivity contribution >= 4 is 17.5 Å². The van der Waals surface area contributed by atoms with Crippen LogP contribution in [0.1, 0.15) is 15.2 Å². The third kappa shape index (κ3) is 2.58. The van der Waals surface area contributed by atoms with E-state index in [2.05, 4.69) is 4.37 Å². The van der Waals surface area contributed by atoms with Gasteiger partial charge in [-0.3, -0.25) is 0 Å². The van der Waals surface area contributed by atoms with Crippen LogP contribution in [0.15, 0.2) is 24.3 Å². The second kappa shape index (κ2) is 4.61. The van der Waals surface area contributed by atoms with Crippen LogP contribution in [-0.4, -0.2) is 15.4 Å². The SMILES string of the molecule is O=C(O)c1snc(-c2cccc(C(F)(F)F)c2)c1F. The van der Waals surface area contributed by atoms with Gasteiger partial charge in [0.15, 0.2) is 10.7 Å². The van der Waals surface area contributed by atoms with Gasteiger partial charge in [0.2, 0.25) is 0 Å². The smallest absolute Gasteiger partial charge is 0.416 e. The van der Waals surface area contributed by atoms with Crippen LogP contribution < -0.4 is 0 Å². The minimum absolute atomic E-state index is 0.115. The van der Waals surface area contributed by atoms with Crippen molar-refractivity contribution < 1.29 is 27.5 Å². The largest absolute Gasteiger partial charge is 0.477 e. The highest BCUT2D eigenvalue weighted by Crippen LogP contribution is 2.33. The lowest BCUT2D eigenvalue weighted by atomic mass is 10.1. The van der Waals surface area contributed by atoms with Gasteiger partial charge in [0.05, 0.1) is 5.56 Å². The summed E-state index contributed by atoms with van der Waals surface area (Å²) in [6.45, 7) is 0. The van der Waals surface area contributed by atoms with E-state index < -0.39 is 34.1 Å². The van der Waals surface area contributed by atoms with Gasteiger partial charge in [-0.15, -0.1) is 0 Å². The van der Waals surface area contributed by atoms with E-state index in [1.54, 1.807) is 0 Å². The quantitative estimate of drug-likeness (QED) is 0.859. The molecule has 1 aromatic carbocycles. The number of halogens is 4. The Bertz CT molecular complexity index is 636. The Morgan fingerprint density at radius 3 is 2.53 bits per heavy atom. The van der Waals surface area contributed by atoms with Crippen molar-refractivity contribution in [3.8, 4) is 11.3 Å². The van der Waals surface area contributed by atoms with Gasteiger partial charge < -0.3 is 5.11 Å². The molecule has 0 bridgehead atoms. The van der Waals surface area contributed by atoms with E-state index in [4.69, 9.17) is 5.11 Å². The third-order valence-corrected chi connectivity index (χ3v) is 3.10. The molecule has 8 heteroatoms. The Morgan fingerprint density at radius 1 is 1.32 bits per heavy atom. The van der Waals surface area contributed by atoms with Gasteiger partial charge in [-0.1, -0.05) is 12.1 Å². The average molecular weight is 291 g/mol. The van der Waals surface area contributed by atoms with Crippen molar-refractivity contribution in [1.82, 2.24) is 4.37 Å². The lowest BCUT2D eigenvalue weighted by Gasteiger charge is -2.07. The minimum atomic E-state index is -4.56. The summed E-state index contributed by atoms with van der Waals surface area (Å²) in [4.78, 5) is 10.0. The number of hydrogen-bond acceptors (Lipinski definition) is 3. The molecular formula is C11H5F4NO2S. The molecule has 0 amide bonds. The van der Waals surface area contributed by atoms with E-state index in [1.807, 2.05) is 0 Å². The predicted octanol–water partition coefficient (Wildman–Crippen LogP) is 3.67. The Morgan fingerprint density at radius 2 is 2.00 bits per heavy atom. The summed E-state index contributed by atoms with van der Waals surface area (Å²) >= 11 is 0.387. The van der Waals surface area contributed by atoms with Crippen molar-refractivity contribution in [3.63, 3.8) is 0 Å². The molecular weight excluding hydrogens is 286 g/mol. The normalized spacial score (nSPS) is 11.6. The maximum Gasteiger partial charge on any atom is 0.416 e. The highest BCUT2D eigenvalue weighted by atomic mass is 32.1. The van der Waals surface area contributed by atoms with Crippen LogP contribution in [0.4, 0.5) is 17.6 Å². The molecule has 0 spiro atoms. The summed E-state index contributed by atoms with van der Waals surface area (Å²) in [6, 6.07) is 3.91. The van der Waals surface area contributed by atoms with Crippen LogP contribution in [0.25, 0.3) is 11.3 Å². The van der Waals surface area contributed by atoms with Gasteiger partial charge in [-0.2, -0.15) is 17.5 Å². The molecule has 3 nitrogen and oxygen atoms in total. The van der Waals surface area contributed by atoms with Gasteiger partial charge in [0.1, 0.15) is 5.69 Å². The molecule has 1 aromatic heterocycles. The zero-order chi connectivity index (χ0) is 14.2. The first kappa shape index (κ1) is 13.5. The van der Waals surface area contributed by atoms with Gasteiger partial charge in [0.25, 0.3) is 0 Å². The lowest BCUT2D eigenvalue weighted by Crippen LogP contribution is -2.04. The standard InChI is InChI=1S/C11H5F4NO2S/c12-7-8(16-19-9(7)10(17)18)5-2-1-3-6(4-5)11(13,14)15/h1-4H,(H,17,18). The predicted molar refractivity (Wildman–Crippen MR) is 59.5 cm³/mol. The van der Waals surface area contributed by atoms with E-state index in [9.17, 15) is 22.4 Å². The second-order valence-electron chi connectivity index (χ2n) is 3.56. The van der Waals surface area contributed by atoms with Crippen LogP contribution >= 0.6 is 11.5 Å². The van der Waals surface area contributed by atoms with Crippen LogP contribution in [0.3, 0.4) is 0 Å². The number of carbonyl (C=O) groups is 1. The van der Waals surface area contributed by atoms with Crippen molar-refractivity contribution in [2.24, 2.45) is 0 Å². The number of nitrogens with zero attached hydrogens (tertiary/aromatic N) is 1. The van der Waals surface area contributed by atoms with Crippen LogP contribution in [0, 0.1) is 5.82 Å². The van der Waals surface area contributed by atoms with Crippen molar-refractivity contribution in [1.29, 1.82) is 0 Å². The molecule has 19 heavy (non-hydrogen) atoms. The molecule has 0 aliphatic carbocycles. The summed E-state index contributed by atoms with van der Waals surface area (Å²) in [5.74, 6) is -2.63. The monoisotopic (exact) mass is 291 g/mol. The fraction of sp³-hybridized carbons (Fsp3) is 0.0909. The molecule has 0 atom stereocenters. The number of rotatable bonds is 2. The molecule has 0 saturated carbocycles. The number of carboxylic acids is 1. The summed E-state index contributed by atoms with van der Waals surface area (Å²) in [5, 5.41) is 8.66. The van der Waals surface area contributed by atoms with Gasteiger partial charge in [-0.25, -0.2) is 9.18 Å². The van der Waals surface area contributed by atoms with Gasteiger partial charge >= 0.3 is 12.1 Å². The molecule has 2 rings (SSSR count). The molecule has 0 aliphatic rings. The highest BCUT2D eigenvalue weighted by Gasteiger charge is 2.31. The molecule has 0 fully saturated rings. The first-order chi connectivity index (χ1) is 8.80. The maximum atomic E-state index is 13.7. The molecule has 0 radical (unpaired) electrons. The van der Waals surface area contributed by atoms with Gasteiger partial charge in [0, 0.05) is 5.56 Å². The topological polar surface area (TPSA) is 50.2 Å². The third-order valence-electron chi connectivity index (χ3n) is 2.29. The molecule has 100 valence electrons. The first-order valence-corrected chi connectivity index (χ1v) is 5.64. The van der Waals surface area contributed by atoms with Gasteiger partial charge in [-0.05, 0) is 23.7 Å². The zero-order valence-electron chi connectivity index (χ0n) is 9.03. The number of hydrogen-bond donors (Lipinski definition) is 1. The maximum absolute atomic E-state index is 13.7. The van der Waals surface area contributed by atoms with Crippen molar-refractivity contribution in [2.75, 3.05) is 0 Å². The molecule has 0 aliphatic heterocycles. The number of aromatic nitrogens is 1. The van der Waals surface area contributed by atoms with Crippen molar-refractivity contribution in [2.45, 2.75) is 6.18 Å². The fourth-order valence-electron chi connectivity index (χ4n) is 1.43. The van der Waals surface area contributed by atoms with E-state index in [0.717, 1.165) is 18.2 Å². The van der Waals surface area contributed by atoms with Crippen molar-refractivity contribution in [3.05, 3.63) is 40.5 Å².